The average Bonchev–Trinajstić information content (AvgIpc) is 2.35. The lowest BCUT2D eigenvalue weighted by Crippen LogP contribution is -2.51. The minimum atomic E-state index is -1.15. The van der Waals surface area contributed by atoms with Crippen LogP contribution < -0.4 is 5.32 Å². The van der Waals surface area contributed by atoms with Gasteiger partial charge in [-0.15, -0.1) is 0 Å². The van der Waals surface area contributed by atoms with Crippen LogP contribution in [0.4, 0.5) is 0 Å². The molecule has 19 heavy (non-hydrogen) atoms. The van der Waals surface area contributed by atoms with Crippen molar-refractivity contribution in [3.8, 4) is 0 Å². The minimum absolute atomic E-state index is 0.0868. The number of rotatable bonds is 3. The summed E-state index contributed by atoms with van der Waals surface area (Å²) < 4.78 is 0. The number of benzene rings is 1. The number of aliphatic carboxylic acids is 1. The molecule has 1 heterocycles. The van der Waals surface area contributed by atoms with Gasteiger partial charge in [0.1, 0.15) is 18.8 Å². The molecule has 2 rings (SSSR count). The highest BCUT2D eigenvalue weighted by molar-refractivity contribution is 6.06. The standard InChI is InChI=1S/C13H12N2O4/c16-11-7-15(8-12(17)18)13(19)10(14-11)6-9-4-2-1-3-5-9/h1-6H,7-8H2,(H,14,16)(H,17,18). The van der Waals surface area contributed by atoms with Gasteiger partial charge in [-0.3, -0.25) is 14.4 Å². The number of hydrogen-bond donors (Lipinski definition) is 2. The number of nitrogens with zero attached hydrogens (tertiary/aromatic N) is 1. The summed E-state index contributed by atoms with van der Waals surface area (Å²) in [6.07, 6.45) is 1.52. The monoisotopic (exact) mass is 260 g/mol. The zero-order valence-electron chi connectivity index (χ0n) is 10.00. The number of carbonyl (C=O) groups excluding carboxylic acids is 2. The van der Waals surface area contributed by atoms with Crippen LogP contribution in [-0.2, 0) is 14.4 Å². The Labute approximate surface area is 109 Å². The van der Waals surface area contributed by atoms with Gasteiger partial charge in [0.2, 0.25) is 5.91 Å². The van der Waals surface area contributed by atoms with Crippen molar-refractivity contribution in [2.45, 2.75) is 0 Å². The van der Waals surface area contributed by atoms with Crippen LogP contribution in [0.15, 0.2) is 36.0 Å². The summed E-state index contributed by atoms with van der Waals surface area (Å²) in [5.74, 6) is -2.05. The van der Waals surface area contributed by atoms with Gasteiger partial charge in [-0.25, -0.2) is 0 Å². The number of carboxylic acid groups (broad SMARTS) is 1. The minimum Gasteiger partial charge on any atom is -0.480 e. The second kappa shape index (κ2) is 5.34. The van der Waals surface area contributed by atoms with Crippen molar-refractivity contribution in [1.82, 2.24) is 10.2 Å². The predicted octanol–water partition coefficient (Wildman–Crippen LogP) is 0.0705. The van der Waals surface area contributed by atoms with Crippen molar-refractivity contribution in [1.29, 1.82) is 0 Å². The highest BCUT2D eigenvalue weighted by Crippen LogP contribution is 2.10. The van der Waals surface area contributed by atoms with Crippen LogP contribution in [0.25, 0.3) is 6.08 Å². The van der Waals surface area contributed by atoms with E-state index in [0.29, 0.717) is 0 Å². The summed E-state index contributed by atoms with van der Waals surface area (Å²) in [4.78, 5) is 35.1. The molecular weight excluding hydrogens is 248 g/mol. The molecule has 1 fully saturated rings. The topological polar surface area (TPSA) is 86.7 Å². The largest absolute Gasteiger partial charge is 0.480 e. The van der Waals surface area contributed by atoms with Gasteiger partial charge < -0.3 is 15.3 Å². The molecule has 0 radical (unpaired) electrons. The molecule has 0 unspecified atom stereocenters. The van der Waals surface area contributed by atoms with Gasteiger partial charge in [0.15, 0.2) is 0 Å². The van der Waals surface area contributed by atoms with Gasteiger partial charge in [-0.2, -0.15) is 0 Å². The van der Waals surface area contributed by atoms with E-state index in [9.17, 15) is 14.4 Å². The second-order valence-corrected chi connectivity index (χ2v) is 4.07. The Balaban J connectivity index is 2.25. The number of hydrogen-bond acceptors (Lipinski definition) is 3. The van der Waals surface area contributed by atoms with E-state index >= 15 is 0 Å². The number of carboxylic acids is 1. The fourth-order valence-electron chi connectivity index (χ4n) is 1.76. The molecule has 98 valence electrons. The molecule has 2 amide bonds. The molecule has 0 saturated carbocycles. The molecule has 6 heteroatoms. The highest BCUT2D eigenvalue weighted by Gasteiger charge is 2.29. The first-order valence-electron chi connectivity index (χ1n) is 5.64. The number of piperazine rings is 1. The van der Waals surface area contributed by atoms with Crippen molar-refractivity contribution < 1.29 is 19.5 Å². The molecule has 0 spiro atoms. The number of nitrogens with one attached hydrogen (secondary N) is 1. The first-order valence-corrected chi connectivity index (χ1v) is 5.64. The third kappa shape index (κ3) is 3.19. The van der Waals surface area contributed by atoms with Gasteiger partial charge in [0.05, 0.1) is 0 Å². The summed E-state index contributed by atoms with van der Waals surface area (Å²) in [6, 6.07) is 9.00. The maximum atomic E-state index is 12.0. The Morgan fingerprint density at radius 2 is 2.00 bits per heavy atom. The lowest BCUT2D eigenvalue weighted by molar-refractivity contribution is -0.146. The van der Waals surface area contributed by atoms with E-state index in [1.165, 1.54) is 6.08 Å². The molecule has 1 aliphatic rings. The van der Waals surface area contributed by atoms with Crippen molar-refractivity contribution in [2.24, 2.45) is 0 Å². The van der Waals surface area contributed by atoms with Crippen molar-refractivity contribution in [3.05, 3.63) is 41.6 Å². The Bertz CT molecular complexity index is 549. The molecular formula is C13H12N2O4. The maximum absolute atomic E-state index is 12.0. The SMILES string of the molecule is O=C(O)CN1CC(=O)NC(=Cc2ccccc2)C1=O. The van der Waals surface area contributed by atoms with Crippen LogP contribution in [-0.4, -0.2) is 40.9 Å². The zero-order chi connectivity index (χ0) is 13.8. The highest BCUT2D eigenvalue weighted by atomic mass is 16.4. The van der Waals surface area contributed by atoms with E-state index in [2.05, 4.69) is 5.32 Å². The van der Waals surface area contributed by atoms with E-state index in [-0.39, 0.29) is 12.2 Å². The van der Waals surface area contributed by atoms with Crippen LogP contribution in [0.3, 0.4) is 0 Å². The van der Waals surface area contributed by atoms with Crippen molar-refractivity contribution in [2.75, 3.05) is 13.1 Å². The number of amides is 2. The average molecular weight is 260 g/mol. The maximum Gasteiger partial charge on any atom is 0.323 e. The first kappa shape index (κ1) is 12.8. The van der Waals surface area contributed by atoms with Crippen LogP contribution >= 0.6 is 0 Å². The smallest absolute Gasteiger partial charge is 0.323 e. The van der Waals surface area contributed by atoms with Crippen LogP contribution in [0, 0.1) is 0 Å². The molecule has 6 nitrogen and oxygen atoms in total. The van der Waals surface area contributed by atoms with E-state index in [1.54, 1.807) is 24.3 Å². The van der Waals surface area contributed by atoms with Crippen molar-refractivity contribution >= 4 is 23.9 Å². The molecule has 2 N–H and O–H groups in total. The van der Waals surface area contributed by atoms with Gasteiger partial charge >= 0.3 is 5.97 Å². The molecule has 1 aliphatic heterocycles. The Morgan fingerprint density at radius 3 is 2.63 bits per heavy atom. The number of carbonyl (C=O) groups is 3. The van der Waals surface area contributed by atoms with Crippen LogP contribution in [0.1, 0.15) is 5.56 Å². The zero-order valence-corrected chi connectivity index (χ0v) is 10.00. The third-order valence-electron chi connectivity index (χ3n) is 2.56. The molecule has 1 aromatic rings. The third-order valence-corrected chi connectivity index (χ3v) is 2.56. The lowest BCUT2D eigenvalue weighted by Gasteiger charge is -2.26. The van der Waals surface area contributed by atoms with Gasteiger partial charge in [0.25, 0.3) is 5.91 Å². The lowest BCUT2D eigenvalue weighted by atomic mass is 10.1. The summed E-state index contributed by atoms with van der Waals surface area (Å²) in [5.41, 5.74) is 0.840. The van der Waals surface area contributed by atoms with E-state index in [4.69, 9.17) is 5.11 Å². The molecule has 0 aliphatic carbocycles. The molecule has 0 atom stereocenters. The van der Waals surface area contributed by atoms with Gasteiger partial charge in [0, 0.05) is 0 Å². The quantitative estimate of drug-likeness (QED) is 0.753. The molecule has 1 saturated heterocycles. The predicted molar refractivity (Wildman–Crippen MR) is 66.8 cm³/mol. The molecule has 0 aromatic heterocycles. The Hall–Kier alpha value is -2.63. The second-order valence-electron chi connectivity index (χ2n) is 4.07. The normalized spacial score (nSPS) is 17.5. The fourth-order valence-corrected chi connectivity index (χ4v) is 1.76. The van der Waals surface area contributed by atoms with Gasteiger partial charge in [-0.05, 0) is 11.6 Å². The fraction of sp³-hybridized carbons (Fsp3) is 0.154. The van der Waals surface area contributed by atoms with E-state index < -0.39 is 24.3 Å². The van der Waals surface area contributed by atoms with Crippen molar-refractivity contribution in [3.63, 3.8) is 0 Å². The van der Waals surface area contributed by atoms with Crippen LogP contribution in [0.2, 0.25) is 0 Å². The molecule has 1 aromatic carbocycles. The van der Waals surface area contributed by atoms with Gasteiger partial charge in [-0.1, -0.05) is 30.3 Å². The van der Waals surface area contributed by atoms with E-state index in [1.807, 2.05) is 6.07 Å². The summed E-state index contributed by atoms with van der Waals surface area (Å²) in [7, 11) is 0. The molecule has 0 bridgehead atoms. The first-order chi connectivity index (χ1) is 9.06. The summed E-state index contributed by atoms with van der Waals surface area (Å²) >= 11 is 0. The van der Waals surface area contributed by atoms with E-state index in [0.717, 1.165) is 10.5 Å². The Kier molecular flexibility index (Phi) is 3.61. The van der Waals surface area contributed by atoms with Crippen LogP contribution in [0.5, 0.6) is 0 Å². The Morgan fingerprint density at radius 1 is 1.32 bits per heavy atom. The summed E-state index contributed by atoms with van der Waals surface area (Å²) in [5, 5.41) is 11.2. The summed E-state index contributed by atoms with van der Waals surface area (Å²) in [6.45, 7) is -0.727.